The quantitative estimate of drug-likeness (QED) is 0.0588. The molecule has 1 fully saturated rings. The molecule has 9 atom stereocenters. The maximum absolute atomic E-state index is 14.3. The van der Waals surface area contributed by atoms with Gasteiger partial charge in [-0.1, -0.05) is 91.1 Å². The van der Waals surface area contributed by atoms with Crippen LogP contribution in [-0.4, -0.2) is 152 Å². The number of nitrogens with one attached hydrogen (secondary N) is 1. The number of guanidine groups is 1. The molecule has 0 radical (unpaired) electrons. The fourth-order valence-electron chi connectivity index (χ4n) is 8.20. The molecule has 15 heteroatoms. The molecular formula is C44H77N6O8P. The maximum Gasteiger partial charge on any atom is 0.247 e. The molecule has 1 aliphatic heterocycles. The normalized spacial score (nSPS) is 18.8. The zero-order valence-electron chi connectivity index (χ0n) is 38.3. The number of aliphatic imine (C=N–C) groups is 1. The number of rotatable bonds is 24. The van der Waals surface area contributed by atoms with E-state index in [1.165, 1.54) is 7.11 Å². The number of likely N-dealkylation sites (tertiary alicyclic amines) is 1. The number of carbonyl (C=O) groups excluding carboxylic acids is 4. The first-order valence-corrected chi connectivity index (χ1v) is 23.4. The van der Waals surface area contributed by atoms with Crippen molar-refractivity contribution in [1.82, 2.24) is 24.9 Å². The van der Waals surface area contributed by atoms with Gasteiger partial charge in [-0.05, 0) is 36.7 Å². The minimum Gasteiger partial charge on any atom is -0.379 e. The summed E-state index contributed by atoms with van der Waals surface area (Å²) in [4.78, 5) is 78.9. The van der Waals surface area contributed by atoms with Crippen LogP contribution in [0.5, 0.6) is 0 Å². The van der Waals surface area contributed by atoms with Gasteiger partial charge in [-0.25, -0.2) is 4.99 Å². The molecule has 0 saturated carbocycles. The zero-order chi connectivity index (χ0) is 44.6. The summed E-state index contributed by atoms with van der Waals surface area (Å²) in [5.74, 6) is -2.55. The van der Waals surface area contributed by atoms with E-state index < -0.39 is 61.5 Å². The summed E-state index contributed by atoms with van der Waals surface area (Å²) in [6.07, 6.45) is 2.90. The molecule has 1 saturated heterocycles. The van der Waals surface area contributed by atoms with E-state index >= 15 is 0 Å². The molecule has 336 valence electrons. The van der Waals surface area contributed by atoms with Gasteiger partial charge in [-0.3, -0.25) is 23.7 Å². The number of likely N-dealkylation sites (N-methyl/N-ethyl adjacent to an activating group) is 1. The molecular weight excluding hydrogens is 771 g/mol. The SMILES string of the molecule is CCCCCC(=O)CP(=O)(O)[C@H](Cc1ccccc1)NC(=O)[C@H](C)[C@@H](OC)[C@@H]1CCCN1C(=O)C[C@@H](OC)[C@H]([C@@H](C)CC)N(C)C(=O)[C@@H](N=C(N(C)C)N(C)C)C(C)C. The third kappa shape index (κ3) is 15.0. The van der Waals surface area contributed by atoms with Crippen molar-refractivity contribution in [1.29, 1.82) is 0 Å². The lowest BCUT2D eigenvalue weighted by Crippen LogP contribution is -2.55. The van der Waals surface area contributed by atoms with Gasteiger partial charge in [0.25, 0.3) is 0 Å². The van der Waals surface area contributed by atoms with Crippen molar-refractivity contribution in [3.05, 3.63) is 35.9 Å². The van der Waals surface area contributed by atoms with Crippen LogP contribution in [0.15, 0.2) is 35.3 Å². The van der Waals surface area contributed by atoms with E-state index in [0.717, 1.165) is 24.8 Å². The second kappa shape index (κ2) is 24.8. The number of hydrogen-bond acceptors (Lipinski definition) is 8. The third-order valence-electron chi connectivity index (χ3n) is 11.7. The number of Topliss-reactive ketones (excluding diaryl/α,β-unsaturated/α-hetero) is 1. The molecule has 0 aromatic heterocycles. The topological polar surface area (TPSA) is 161 Å². The number of nitrogens with zero attached hydrogens (tertiary/aromatic N) is 5. The van der Waals surface area contributed by atoms with Crippen LogP contribution in [0.2, 0.25) is 0 Å². The molecule has 0 bridgehead atoms. The van der Waals surface area contributed by atoms with Gasteiger partial charge in [-0.15, -0.1) is 0 Å². The van der Waals surface area contributed by atoms with E-state index in [4.69, 9.17) is 14.5 Å². The van der Waals surface area contributed by atoms with Gasteiger partial charge in [0.2, 0.25) is 25.1 Å². The molecule has 0 spiro atoms. The molecule has 2 N–H and O–H groups in total. The Morgan fingerprint density at radius 1 is 0.966 bits per heavy atom. The van der Waals surface area contributed by atoms with Crippen LogP contribution in [0.1, 0.15) is 98.5 Å². The van der Waals surface area contributed by atoms with E-state index in [2.05, 4.69) is 19.2 Å². The number of amides is 3. The molecule has 59 heavy (non-hydrogen) atoms. The highest BCUT2D eigenvalue weighted by molar-refractivity contribution is 7.59. The van der Waals surface area contributed by atoms with E-state index in [0.29, 0.717) is 31.8 Å². The van der Waals surface area contributed by atoms with Crippen molar-refractivity contribution in [2.45, 2.75) is 135 Å². The molecule has 3 amide bonds. The summed E-state index contributed by atoms with van der Waals surface area (Å²) in [5.41, 5.74) is 0.754. The zero-order valence-corrected chi connectivity index (χ0v) is 39.2. The molecule has 1 aromatic carbocycles. The molecule has 1 heterocycles. The lowest BCUT2D eigenvalue weighted by Gasteiger charge is -2.40. The van der Waals surface area contributed by atoms with Crippen molar-refractivity contribution in [2.24, 2.45) is 22.7 Å². The maximum atomic E-state index is 14.3. The van der Waals surface area contributed by atoms with Crippen LogP contribution in [0, 0.1) is 17.8 Å². The highest BCUT2D eigenvalue weighted by atomic mass is 31.2. The lowest BCUT2D eigenvalue weighted by molar-refractivity contribution is -0.146. The average Bonchev–Trinajstić information content (AvgIpc) is 3.67. The fraction of sp³-hybridized carbons (Fsp3) is 0.750. The van der Waals surface area contributed by atoms with Gasteiger partial charge >= 0.3 is 0 Å². The molecule has 1 aromatic rings. The smallest absolute Gasteiger partial charge is 0.247 e. The highest BCUT2D eigenvalue weighted by Crippen LogP contribution is 2.47. The Morgan fingerprint density at radius 3 is 2.12 bits per heavy atom. The number of benzene rings is 1. The monoisotopic (exact) mass is 849 g/mol. The van der Waals surface area contributed by atoms with Gasteiger partial charge in [-0.2, -0.15) is 0 Å². The summed E-state index contributed by atoms with van der Waals surface area (Å²) in [5, 5.41) is 2.84. The van der Waals surface area contributed by atoms with Crippen LogP contribution < -0.4 is 5.32 Å². The Morgan fingerprint density at radius 2 is 1.59 bits per heavy atom. The summed E-state index contributed by atoms with van der Waals surface area (Å²) in [7, 11) is 8.22. The van der Waals surface area contributed by atoms with Crippen molar-refractivity contribution in [3.8, 4) is 0 Å². The minimum atomic E-state index is -4.18. The van der Waals surface area contributed by atoms with Gasteiger partial charge in [0, 0.05) is 68.8 Å². The average molecular weight is 849 g/mol. The first-order chi connectivity index (χ1) is 27.7. The highest BCUT2D eigenvalue weighted by Gasteiger charge is 2.44. The standard InChI is InChI=1S/C44H77N6O8P/c1-14-16-18-24-34(51)29-59(55,56)37(27-33-22-19-17-20-23-33)45-42(53)32(6)41(58-13)35-25-21-26-50(35)38(52)28-36(57-12)40(31(5)15-2)49(11)43(54)39(30(3)4)46-44(47(7)8)48(9)10/h17,19-20,22-23,30-32,35-37,39-41H,14-16,18,21,24-29H2,1-13H3,(H,45,53)(H,55,56)/t31-,32+,35-,36+,37+,39-,40-,41+/m0/s1. The first kappa shape index (κ1) is 51.8. The minimum absolute atomic E-state index is 0.00598. The molecule has 1 aliphatic rings. The lowest BCUT2D eigenvalue weighted by atomic mass is 9.89. The van der Waals surface area contributed by atoms with Gasteiger partial charge < -0.3 is 39.3 Å². The predicted molar refractivity (Wildman–Crippen MR) is 235 cm³/mol. The van der Waals surface area contributed by atoms with Crippen molar-refractivity contribution < 1.29 is 38.1 Å². The molecule has 14 nitrogen and oxygen atoms in total. The predicted octanol–water partition coefficient (Wildman–Crippen LogP) is 5.52. The van der Waals surface area contributed by atoms with Gasteiger partial charge in [0.05, 0.1) is 42.8 Å². The summed E-state index contributed by atoms with van der Waals surface area (Å²) < 4.78 is 25.9. The Labute approximate surface area is 355 Å². The number of carbonyl (C=O) groups is 4. The van der Waals surface area contributed by atoms with E-state index in [-0.39, 0.29) is 48.7 Å². The number of methoxy groups -OCH3 is 2. The number of ketones is 1. The number of unbranched alkanes of at least 4 members (excludes halogenated alkanes) is 2. The summed E-state index contributed by atoms with van der Waals surface area (Å²) in [6.45, 7) is 12.2. The van der Waals surface area contributed by atoms with Crippen LogP contribution in [-0.2, 0) is 39.6 Å². The number of ether oxygens (including phenoxy) is 2. The van der Waals surface area contributed by atoms with E-state index in [1.54, 1.807) is 30.9 Å². The van der Waals surface area contributed by atoms with Crippen LogP contribution >= 0.6 is 7.37 Å². The third-order valence-corrected chi connectivity index (χ3v) is 13.8. The molecule has 2 rings (SSSR count). The Bertz CT molecular complexity index is 1550. The Kier molecular flexibility index (Phi) is 21.8. The summed E-state index contributed by atoms with van der Waals surface area (Å²) >= 11 is 0. The largest absolute Gasteiger partial charge is 0.379 e. The fourth-order valence-corrected chi connectivity index (χ4v) is 9.91. The van der Waals surface area contributed by atoms with Gasteiger partial charge in [0.15, 0.2) is 5.96 Å². The van der Waals surface area contributed by atoms with E-state index in [1.807, 2.05) is 89.1 Å². The van der Waals surface area contributed by atoms with Crippen molar-refractivity contribution >= 4 is 36.8 Å². The first-order valence-electron chi connectivity index (χ1n) is 21.5. The number of hydrogen-bond donors (Lipinski definition) is 2. The van der Waals surface area contributed by atoms with E-state index in [9.17, 15) is 28.6 Å². The second-order valence-corrected chi connectivity index (χ2v) is 19.6. The second-order valence-electron chi connectivity index (χ2n) is 17.1. The van der Waals surface area contributed by atoms with Crippen LogP contribution in [0.4, 0.5) is 0 Å². The van der Waals surface area contributed by atoms with Crippen molar-refractivity contribution in [2.75, 3.05) is 62.2 Å². The summed E-state index contributed by atoms with van der Waals surface area (Å²) in [6, 6.07) is 7.59. The van der Waals surface area contributed by atoms with Crippen molar-refractivity contribution in [3.63, 3.8) is 0 Å². The molecule has 0 aliphatic carbocycles. The van der Waals surface area contributed by atoms with Gasteiger partial charge in [0.1, 0.15) is 17.6 Å². The molecule has 1 unspecified atom stereocenters. The Hall–Kier alpha value is -3.32. The van der Waals surface area contributed by atoms with Crippen LogP contribution in [0.3, 0.4) is 0 Å². The Balaban J connectivity index is 2.36. The van der Waals surface area contributed by atoms with Crippen LogP contribution in [0.25, 0.3) is 0 Å².